The summed E-state index contributed by atoms with van der Waals surface area (Å²) in [7, 11) is 0. The Morgan fingerprint density at radius 1 is 1.00 bits per heavy atom. The van der Waals surface area contributed by atoms with Crippen molar-refractivity contribution in [2.24, 2.45) is 0 Å². The fraction of sp³-hybridized carbons (Fsp3) is 0.150. The lowest BCUT2D eigenvalue weighted by atomic mass is 10.2. The van der Waals surface area contributed by atoms with Crippen molar-refractivity contribution in [3.05, 3.63) is 92.9 Å². The monoisotopic (exact) mass is 382 g/mol. The summed E-state index contributed by atoms with van der Waals surface area (Å²) in [5, 5.41) is 0. The molecule has 142 valence electrons. The number of hydrogen-bond donors (Lipinski definition) is 0. The lowest BCUT2D eigenvalue weighted by Crippen LogP contribution is -2.39. The molecule has 0 unspecified atom stereocenters. The Labute approximate surface area is 157 Å². The lowest BCUT2D eigenvalue weighted by molar-refractivity contribution is 0.600. The van der Waals surface area contributed by atoms with Gasteiger partial charge in [-0.25, -0.2) is 23.1 Å². The molecule has 0 saturated carbocycles. The molecule has 28 heavy (non-hydrogen) atoms. The van der Waals surface area contributed by atoms with Crippen molar-refractivity contribution in [1.29, 1.82) is 0 Å². The van der Waals surface area contributed by atoms with Crippen LogP contribution < -0.4 is 11.2 Å². The standard InChI is InChI=1S/C20H16F2N4O2/c1-2-25-19(27)17-18(26(20(25)28)15-9-7-14(21)8-10-15)23-12-24(17)11-13-5-3-4-6-16(13)22/h3-10,12H,2,11H2,1H3. The van der Waals surface area contributed by atoms with E-state index in [1.165, 1.54) is 45.8 Å². The molecule has 2 aromatic carbocycles. The smallest absolute Gasteiger partial charge is 0.320 e. The van der Waals surface area contributed by atoms with Crippen molar-refractivity contribution in [2.75, 3.05) is 0 Å². The van der Waals surface area contributed by atoms with Crippen molar-refractivity contribution in [2.45, 2.75) is 20.0 Å². The second-order valence-corrected chi connectivity index (χ2v) is 6.28. The van der Waals surface area contributed by atoms with E-state index in [0.29, 0.717) is 11.3 Å². The van der Waals surface area contributed by atoms with Crippen LogP contribution in [0, 0.1) is 11.6 Å². The molecular formula is C20H16F2N4O2. The molecule has 0 spiro atoms. The van der Waals surface area contributed by atoms with Gasteiger partial charge in [-0.1, -0.05) is 18.2 Å². The van der Waals surface area contributed by atoms with Crippen LogP contribution in [0.15, 0.2) is 64.4 Å². The highest BCUT2D eigenvalue weighted by atomic mass is 19.1. The predicted octanol–water partition coefficient (Wildman–Crippen LogP) is 2.70. The van der Waals surface area contributed by atoms with Crippen molar-refractivity contribution in [1.82, 2.24) is 18.7 Å². The highest BCUT2D eigenvalue weighted by molar-refractivity contribution is 5.72. The summed E-state index contributed by atoms with van der Waals surface area (Å²) in [6.45, 7) is 1.92. The van der Waals surface area contributed by atoms with Gasteiger partial charge in [-0.15, -0.1) is 0 Å². The normalized spacial score (nSPS) is 11.2. The molecule has 0 aliphatic rings. The molecule has 8 heteroatoms. The topological polar surface area (TPSA) is 61.8 Å². The van der Waals surface area contributed by atoms with E-state index < -0.39 is 22.9 Å². The van der Waals surface area contributed by atoms with Gasteiger partial charge < -0.3 is 4.57 Å². The second-order valence-electron chi connectivity index (χ2n) is 6.28. The highest BCUT2D eigenvalue weighted by Gasteiger charge is 2.19. The molecule has 2 aromatic heterocycles. The van der Waals surface area contributed by atoms with Crippen molar-refractivity contribution >= 4 is 11.2 Å². The quantitative estimate of drug-likeness (QED) is 0.545. The molecule has 0 amide bonds. The third-order valence-electron chi connectivity index (χ3n) is 4.60. The van der Waals surface area contributed by atoms with Crippen LogP contribution in [0.2, 0.25) is 0 Å². The van der Waals surface area contributed by atoms with Gasteiger partial charge in [0, 0.05) is 12.1 Å². The number of aromatic nitrogens is 4. The van der Waals surface area contributed by atoms with Crippen LogP contribution in [0.3, 0.4) is 0 Å². The minimum atomic E-state index is -0.567. The molecule has 0 fully saturated rings. The number of hydrogen-bond acceptors (Lipinski definition) is 3. The van der Waals surface area contributed by atoms with E-state index in [1.807, 2.05) is 0 Å². The maximum Gasteiger partial charge on any atom is 0.337 e. The second kappa shape index (κ2) is 6.88. The van der Waals surface area contributed by atoms with E-state index >= 15 is 0 Å². The number of benzene rings is 2. The number of fused-ring (bicyclic) bond motifs is 1. The van der Waals surface area contributed by atoms with Gasteiger partial charge in [-0.2, -0.15) is 0 Å². The number of nitrogens with zero attached hydrogens (tertiary/aromatic N) is 4. The third kappa shape index (κ3) is 2.83. The Kier molecular flexibility index (Phi) is 4.38. The Morgan fingerprint density at radius 3 is 2.39 bits per heavy atom. The zero-order chi connectivity index (χ0) is 19.8. The number of rotatable bonds is 4. The van der Waals surface area contributed by atoms with Gasteiger partial charge in [0.15, 0.2) is 11.2 Å². The summed E-state index contributed by atoms with van der Waals surface area (Å²) in [6, 6.07) is 11.6. The molecule has 0 atom stereocenters. The third-order valence-corrected chi connectivity index (χ3v) is 4.60. The molecule has 0 N–H and O–H groups in total. The molecule has 4 aromatic rings. The van der Waals surface area contributed by atoms with E-state index in [0.717, 1.165) is 4.57 Å². The summed E-state index contributed by atoms with van der Waals surface area (Å²) >= 11 is 0. The summed E-state index contributed by atoms with van der Waals surface area (Å²) in [4.78, 5) is 30.0. The zero-order valence-electron chi connectivity index (χ0n) is 15.0. The number of imidazole rings is 1. The Morgan fingerprint density at radius 2 is 1.71 bits per heavy atom. The van der Waals surface area contributed by atoms with Crippen molar-refractivity contribution < 1.29 is 8.78 Å². The van der Waals surface area contributed by atoms with E-state index in [-0.39, 0.29) is 24.3 Å². The SMILES string of the molecule is CCn1c(=O)c2c(ncn2Cc2ccccc2F)n(-c2ccc(F)cc2)c1=O. The molecule has 0 radical (unpaired) electrons. The fourth-order valence-electron chi connectivity index (χ4n) is 3.21. The first-order valence-corrected chi connectivity index (χ1v) is 8.71. The first kappa shape index (κ1) is 17.8. The molecular weight excluding hydrogens is 366 g/mol. The van der Waals surface area contributed by atoms with Gasteiger partial charge in [0.1, 0.15) is 11.6 Å². The van der Waals surface area contributed by atoms with Gasteiger partial charge in [-0.05, 0) is 37.3 Å². The van der Waals surface area contributed by atoms with E-state index in [4.69, 9.17) is 0 Å². The average molecular weight is 382 g/mol. The lowest BCUT2D eigenvalue weighted by Gasteiger charge is -2.12. The maximum absolute atomic E-state index is 14.1. The number of halogens is 2. The van der Waals surface area contributed by atoms with Crippen LogP contribution in [0.1, 0.15) is 12.5 Å². The Balaban J connectivity index is 2.00. The van der Waals surface area contributed by atoms with Crippen LogP contribution >= 0.6 is 0 Å². The molecule has 6 nitrogen and oxygen atoms in total. The van der Waals surface area contributed by atoms with Gasteiger partial charge in [-0.3, -0.25) is 9.36 Å². The summed E-state index contributed by atoms with van der Waals surface area (Å²) in [6.07, 6.45) is 1.40. The predicted molar refractivity (Wildman–Crippen MR) is 101 cm³/mol. The molecule has 0 bridgehead atoms. The van der Waals surface area contributed by atoms with Crippen LogP contribution in [0.5, 0.6) is 0 Å². The maximum atomic E-state index is 14.1. The first-order chi connectivity index (χ1) is 13.5. The molecule has 2 heterocycles. The first-order valence-electron chi connectivity index (χ1n) is 8.71. The van der Waals surface area contributed by atoms with Crippen LogP contribution in [0.4, 0.5) is 8.78 Å². The zero-order valence-corrected chi connectivity index (χ0v) is 15.0. The van der Waals surface area contributed by atoms with Gasteiger partial charge in [0.2, 0.25) is 0 Å². The summed E-state index contributed by atoms with van der Waals surface area (Å²) in [5.41, 5.74) is 0.0210. The minimum absolute atomic E-state index is 0.0871. The minimum Gasteiger partial charge on any atom is -0.320 e. The van der Waals surface area contributed by atoms with Gasteiger partial charge in [0.25, 0.3) is 5.56 Å². The van der Waals surface area contributed by atoms with Crippen LogP contribution in [-0.2, 0) is 13.1 Å². The Hall–Kier alpha value is -3.55. The van der Waals surface area contributed by atoms with Crippen molar-refractivity contribution in [3.63, 3.8) is 0 Å². The average Bonchev–Trinajstić information content (AvgIpc) is 3.09. The molecule has 0 aliphatic carbocycles. The largest absolute Gasteiger partial charge is 0.337 e. The van der Waals surface area contributed by atoms with E-state index in [2.05, 4.69) is 4.98 Å². The van der Waals surface area contributed by atoms with E-state index in [1.54, 1.807) is 25.1 Å². The molecule has 0 saturated heterocycles. The van der Waals surface area contributed by atoms with Crippen LogP contribution in [0.25, 0.3) is 16.9 Å². The van der Waals surface area contributed by atoms with E-state index in [9.17, 15) is 18.4 Å². The van der Waals surface area contributed by atoms with Crippen LogP contribution in [-0.4, -0.2) is 18.7 Å². The Bertz CT molecular complexity index is 1290. The van der Waals surface area contributed by atoms with Gasteiger partial charge >= 0.3 is 5.69 Å². The highest BCUT2D eigenvalue weighted by Crippen LogP contribution is 2.16. The molecule has 4 rings (SSSR count). The van der Waals surface area contributed by atoms with Gasteiger partial charge in [0.05, 0.1) is 18.6 Å². The summed E-state index contributed by atoms with van der Waals surface area (Å²) < 4.78 is 31.2. The fourth-order valence-corrected chi connectivity index (χ4v) is 3.21. The molecule has 0 aliphatic heterocycles. The summed E-state index contributed by atoms with van der Waals surface area (Å²) in [5.74, 6) is -0.839. The van der Waals surface area contributed by atoms with Crippen molar-refractivity contribution in [3.8, 4) is 5.69 Å².